The van der Waals surface area contributed by atoms with E-state index < -0.39 is 12.0 Å². The smallest absolute Gasteiger partial charge is 0.329 e. The maximum atomic E-state index is 11.2. The lowest BCUT2D eigenvalue weighted by Gasteiger charge is -2.12. The van der Waals surface area contributed by atoms with Gasteiger partial charge in [0.25, 0.3) is 0 Å². The number of rotatable bonds is 13. The minimum atomic E-state index is -0.981. The van der Waals surface area contributed by atoms with Crippen molar-refractivity contribution in [2.24, 2.45) is 9.98 Å². The lowest BCUT2D eigenvalue weighted by molar-refractivity contribution is -0.137. The number of unbranched alkanes of at least 4 members (excludes halogenated alkanes) is 6. The molecule has 0 fully saturated rings. The predicted molar refractivity (Wildman–Crippen MR) is 154 cm³/mol. The van der Waals surface area contributed by atoms with Crippen LogP contribution in [0.2, 0.25) is 0 Å². The highest BCUT2D eigenvalue weighted by Crippen LogP contribution is 2.37. The normalized spacial score (nSPS) is 17.0. The Morgan fingerprint density at radius 3 is 1.76 bits per heavy atom. The summed E-state index contributed by atoms with van der Waals surface area (Å²) in [6, 6.07) is 5.69. The zero-order chi connectivity index (χ0) is 27.1. The molecule has 0 amide bonds. The Labute approximate surface area is 230 Å². The third-order valence-electron chi connectivity index (χ3n) is 6.85. The molecular weight excluding hydrogens is 524 g/mol. The Morgan fingerprint density at radius 2 is 1.29 bits per heavy atom. The lowest BCUT2D eigenvalue weighted by atomic mass is 9.99. The zero-order valence-electron chi connectivity index (χ0n) is 21.2. The Hall–Kier alpha value is -2.85. The van der Waals surface area contributed by atoms with E-state index in [9.17, 15) is 25.2 Å². The first-order valence-corrected chi connectivity index (χ1v) is 15.0. The number of hydrogen-bond acceptors (Lipinski definition) is 9. The highest BCUT2D eigenvalue weighted by molar-refractivity contribution is 8.15. The molecule has 0 saturated carbocycles. The van der Waals surface area contributed by atoms with E-state index in [0.29, 0.717) is 45.9 Å². The standard InChI is InChI=1S/C28H34N2O6S2/c31-22-12-10-19(26-29-14-15-37-26)24(33)17(22)8-6-4-2-1-3-5-7-9-18-23(32)13-11-20(25(18)34)27-30-21(16-38-27)28(35)36/h10-13,21,31-34H,1-9,14-16H2,(H,35,36)/t21-/m1/s1. The van der Waals surface area contributed by atoms with Crippen molar-refractivity contribution in [3.8, 4) is 23.0 Å². The van der Waals surface area contributed by atoms with E-state index in [1.807, 2.05) is 0 Å². The van der Waals surface area contributed by atoms with Crippen LogP contribution in [-0.2, 0) is 17.6 Å². The molecule has 0 bridgehead atoms. The van der Waals surface area contributed by atoms with E-state index in [1.165, 1.54) is 17.8 Å². The first-order valence-electron chi connectivity index (χ1n) is 13.1. The number of aliphatic imine (C=N–C) groups is 2. The largest absolute Gasteiger partial charge is 0.508 e. The molecule has 38 heavy (non-hydrogen) atoms. The van der Waals surface area contributed by atoms with Crippen molar-refractivity contribution in [1.82, 2.24) is 0 Å². The van der Waals surface area contributed by atoms with E-state index in [2.05, 4.69) is 9.98 Å². The molecule has 8 nitrogen and oxygen atoms in total. The van der Waals surface area contributed by atoms with Crippen LogP contribution in [0, 0.1) is 0 Å². The van der Waals surface area contributed by atoms with Crippen LogP contribution in [0.15, 0.2) is 34.3 Å². The number of carboxylic acids is 1. The number of hydrogen-bond donors (Lipinski definition) is 5. The number of carbonyl (C=O) groups is 1. The fraction of sp³-hybridized carbons (Fsp3) is 0.464. The van der Waals surface area contributed by atoms with Crippen molar-refractivity contribution in [3.05, 3.63) is 46.5 Å². The molecule has 0 radical (unpaired) electrons. The number of aromatic hydroxyl groups is 4. The summed E-state index contributed by atoms with van der Waals surface area (Å²) >= 11 is 2.93. The van der Waals surface area contributed by atoms with Gasteiger partial charge in [-0.1, -0.05) is 32.1 Å². The molecule has 5 N–H and O–H groups in total. The highest BCUT2D eigenvalue weighted by atomic mass is 32.2. The molecule has 1 atom stereocenters. The minimum Gasteiger partial charge on any atom is -0.508 e. The maximum absolute atomic E-state index is 11.2. The van der Waals surface area contributed by atoms with Crippen LogP contribution in [0.25, 0.3) is 0 Å². The number of thioether (sulfide) groups is 2. The number of aliphatic carboxylic acids is 1. The Balaban J connectivity index is 1.18. The Bertz CT molecular complexity index is 1230. The second kappa shape index (κ2) is 13.3. The van der Waals surface area contributed by atoms with E-state index >= 15 is 0 Å². The first kappa shape index (κ1) is 28.2. The van der Waals surface area contributed by atoms with Gasteiger partial charge in [-0.2, -0.15) is 0 Å². The Morgan fingerprint density at radius 1 is 0.763 bits per heavy atom. The molecule has 204 valence electrons. The average molecular weight is 559 g/mol. The molecule has 4 rings (SSSR count). The molecule has 0 aliphatic carbocycles. The highest BCUT2D eigenvalue weighted by Gasteiger charge is 2.27. The molecule has 2 aromatic carbocycles. The van der Waals surface area contributed by atoms with Gasteiger partial charge in [-0.05, 0) is 49.9 Å². The number of phenols is 4. The minimum absolute atomic E-state index is 0.0172. The average Bonchev–Trinajstić information content (AvgIpc) is 3.59. The molecule has 2 aromatic rings. The fourth-order valence-corrected chi connectivity index (χ4v) is 6.66. The number of nitrogens with zero attached hydrogens (tertiary/aromatic N) is 2. The Kier molecular flexibility index (Phi) is 9.85. The van der Waals surface area contributed by atoms with Crippen LogP contribution in [0.1, 0.15) is 67.2 Å². The summed E-state index contributed by atoms with van der Waals surface area (Å²) < 4.78 is 0. The van der Waals surface area contributed by atoms with Crippen LogP contribution in [-0.4, -0.2) is 65.7 Å². The SMILES string of the molecule is O=C(O)[C@H]1CSC(c2ccc(O)c(CCCCCCCCCc3c(O)ccc(C4=NCCS4)c3O)c2O)=N1. The van der Waals surface area contributed by atoms with Crippen LogP contribution >= 0.6 is 23.5 Å². The van der Waals surface area contributed by atoms with Gasteiger partial charge in [0.2, 0.25) is 0 Å². The quantitative estimate of drug-likeness (QED) is 0.204. The summed E-state index contributed by atoms with van der Waals surface area (Å²) in [5, 5.41) is 52.4. The van der Waals surface area contributed by atoms with Gasteiger partial charge in [-0.15, -0.1) is 23.5 Å². The first-order chi connectivity index (χ1) is 18.4. The van der Waals surface area contributed by atoms with E-state index in [1.54, 1.807) is 30.0 Å². The summed E-state index contributed by atoms with van der Waals surface area (Å²) in [6.07, 6.45) is 7.96. The molecule has 2 aliphatic rings. The van der Waals surface area contributed by atoms with Crippen LogP contribution in [0.3, 0.4) is 0 Å². The third-order valence-corrected chi connectivity index (χ3v) is 8.94. The predicted octanol–water partition coefficient (Wildman–Crippen LogP) is 5.46. The summed E-state index contributed by atoms with van der Waals surface area (Å²) in [4.78, 5) is 19.8. The topological polar surface area (TPSA) is 143 Å². The summed E-state index contributed by atoms with van der Waals surface area (Å²) in [6.45, 7) is 0.758. The van der Waals surface area contributed by atoms with Crippen molar-refractivity contribution < 1.29 is 30.3 Å². The summed E-state index contributed by atoms with van der Waals surface area (Å²) in [5.74, 6) is 0.577. The molecule has 0 unspecified atom stereocenters. The van der Waals surface area contributed by atoms with Gasteiger partial charge in [0.05, 0.1) is 0 Å². The van der Waals surface area contributed by atoms with Crippen molar-refractivity contribution in [2.45, 2.75) is 63.8 Å². The van der Waals surface area contributed by atoms with Gasteiger partial charge in [0.15, 0.2) is 6.04 Å². The van der Waals surface area contributed by atoms with Gasteiger partial charge in [0, 0.05) is 40.3 Å². The van der Waals surface area contributed by atoms with Crippen LogP contribution in [0.5, 0.6) is 23.0 Å². The van der Waals surface area contributed by atoms with Crippen molar-refractivity contribution in [3.63, 3.8) is 0 Å². The molecule has 2 heterocycles. The number of phenolic OH excluding ortho intramolecular Hbond substituents is 4. The van der Waals surface area contributed by atoms with Gasteiger partial charge in [-0.25, -0.2) is 4.79 Å². The monoisotopic (exact) mass is 558 g/mol. The van der Waals surface area contributed by atoms with E-state index in [4.69, 9.17) is 5.11 Å². The van der Waals surface area contributed by atoms with Gasteiger partial charge in [0.1, 0.15) is 33.1 Å². The zero-order valence-corrected chi connectivity index (χ0v) is 22.9. The molecule has 10 heteroatoms. The van der Waals surface area contributed by atoms with Crippen molar-refractivity contribution >= 4 is 39.6 Å². The molecule has 0 spiro atoms. The summed E-state index contributed by atoms with van der Waals surface area (Å²) in [5.41, 5.74) is 2.26. The van der Waals surface area contributed by atoms with Crippen LogP contribution in [0.4, 0.5) is 0 Å². The molecule has 0 saturated heterocycles. The second-order valence-corrected chi connectivity index (χ2v) is 11.6. The van der Waals surface area contributed by atoms with Gasteiger partial charge in [-0.3, -0.25) is 9.98 Å². The molecular formula is C28H34N2O6S2. The maximum Gasteiger partial charge on any atom is 0.329 e. The van der Waals surface area contributed by atoms with Crippen LogP contribution < -0.4 is 0 Å². The van der Waals surface area contributed by atoms with Gasteiger partial charge >= 0.3 is 5.97 Å². The molecule has 0 aromatic heterocycles. The van der Waals surface area contributed by atoms with Gasteiger partial charge < -0.3 is 25.5 Å². The third kappa shape index (κ3) is 6.77. The number of carboxylic acid groups (broad SMARTS) is 1. The van der Waals surface area contributed by atoms with E-state index in [0.717, 1.165) is 62.3 Å². The second-order valence-electron chi connectivity index (χ2n) is 9.53. The van der Waals surface area contributed by atoms with Crippen molar-refractivity contribution in [1.29, 1.82) is 0 Å². The molecule has 2 aliphatic heterocycles. The van der Waals surface area contributed by atoms with Crippen molar-refractivity contribution in [2.75, 3.05) is 18.1 Å². The fourth-order valence-electron chi connectivity index (χ4n) is 4.72. The lowest BCUT2D eigenvalue weighted by Crippen LogP contribution is -2.17. The van der Waals surface area contributed by atoms with E-state index in [-0.39, 0.29) is 23.0 Å². The summed E-state index contributed by atoms with van der Waals surface area (Å²) in [7, 11) is 0. The number of benzene rings is 2.